The van der Waals surface area contributed by atoms with Gasteiger partial charge >= 0.3 is 0 Å². The summed E-state index contributed by atoms with van der Waals surface area (Å²) in [4.78, 5) is 0. The molecule has 1 unspecified atom stereocenters. The molecule has 0 bridgehead atoms. The Labute approximate surface area is 80.0 Å². The van der Waals surface area contributed by atoms with Crippen molar-refractivity contribution in [3.8, 4) is 0 Å². The molecule has 0 aromatic rings. The number of hydrogen-bond donors (Lipinski definition) is 2. The van der Waals surface area contributed by atoms with Gasteiger partial charge in [-0.1, -0.05) is 11.6 Å². The first-order chi connectivity index (χ1) is 6.19. The van der Waals surface area contributed by atoms with Crippen LogP contribution in [0.25, 0.3) is 0 Å². The summed E-state index contributed by atoms with van der Waals surface area (Å²) in [5.41, 5.74) is 0.522. The molecule has 2 fully saturated rings. The van der Waals surface area contributed by atoms with Crippen LogP contribution >= 0.6 is 9.24 Å². The molecule has 1 aliphatic heterocycles. The molecule has 1 heterocycles. The van der Waals surface area contributed by atoms with Gasteiger partial charge in [-0.2, -0.15) is 0 Å². The Kier molecular flexibility index (Phi) is 2.45. The van der Waals surface area contributed by atoms with Crippen LogP contribution in [0.2, 0.25) is 0 Å². The lowest BCUT2D eigenvalue weighted by Crippen LogP contribution is -2.45. The fourth-order valence-electron chi connectivity index (χ4n) is 1.95. The topological polar surface area (TPSA) is 53.0 Å². The maximum absolute atomic E-state index is 9.73. The highest BCUT2D eigenvalue weighted by atomic mass is 31.0. The number of aliphatic hydroxyl groups is 2. The smallest absolute Gasteiger partial charge is 0.144 e. The van der Waals surface area contributed by atoms with E-state index in [-0.39, 0.29) is 0 Å². The van der Waals surface area contributed by atoms with Crippen molar-refractivity contribution in [2.24, 2.45) is 0 Å². The summed E-state index contributed by atoms with van der Waals surface area (Å²) in [5.74, 6) is 0. The van der Waals surface area contributed by atoms with Gasteiger partial charge < -0.3 is 14.9 Å². The van der Waals surface area contributed by atoms with Crippen molar-refractivity contribution in [2.45, 2.75) is 30.7 Å². The summed E-state index contributed by atoms with van der Waals surface area (Å²) in [6.07, 6.45) is 3.16. The molecule has 0 aromatic heterocycles. The Balaban J connectivity index is 2.09. The van der Waals surface area contributed by atoms with Crippen molar-refractivity contribution in [3.05, 3.63) is 11.6 Å². The highest BCUT2D eigenvalue weighted by Crippen LogP contribution is 2.43. The Morgan fingerprint density at radius 3 is 2.38 bits per heavy atom. The van der Waals surface area contributed by atoms with Crippen LogP contribution in [0.15, 0.2) is 11.6 Å². The molecule has 0 aromatic carbocycles. The van der Waals surface area contributed by atoms with Crippen LogP contribution in [-0.2, 0) is 4.74 Å². The lowest BCUT2D eigenvalue weighted by Gasteiger charge is -2.31. The molecule has 1 aliphatic carbocycles. The van der Waals surface area contributed by atoms with E-state index >= 15 is 0 Å². The van der Waals surface area contributed by atoms with E-state index in [9.17, 15) is 10.2 Å². The first kappa shape index (κ1) is 9.60. The van der Waals surface area contributed by atoms with Gasteiger partial charge in [-0.25, -0.2) is 0 Å². The minimum atomic E-state index is -0.613. The van der Waals surface area contributed by atoms with E-state index in [1.807, 2.05) is 6.08 Å². The van der Waals surface area contributed by atoms with E-state index in [0.29, 0.717) is 19.4 Å². The van der Waals surface area contributed by atoms with Crippen LogP contribution in [0.1, 0.15) is 12.8 Å². The van der Waals surface area contributed by atoms with E-state index in [1.54, 1.807) is 0 Å². The molecule has 13 heavy (non-hydrogen) atoms. The molecular weight excluding hydrogens is 187 g/mol. The van der Waals surface area contributed by atoms with Crippen LogP contribution in [0.5, 0.6) is 0 Å². The van der Waals surface area contributed by atoms with Gasteiger partial charge in [0.2, 0.25) is 0 Å². The average molecular weight is 202 g/mol. The van der Waals surface area contributed by atoms with Crippen molar-refractivity contribution in [1.82, 2.24) is 0 Å². The van der Waals surface area contributed by atoms with Gasteiger partial charge in [0.1, 0.15) is 5.60 Å². The van der Waals surface area contributed by atoms with Crippen LogP contribution in [0.3, 0.4) is 0 Å². The van der Waals surface area contributed by atoms with Gasteiger partial charge in [-0.3, -0.25) is 0 Å². The lowest BCUT2D eigenvalue weighted by molar-refractivity contribution is -0.0293. The van der Waals surface area contributed by atoms with Crippen molar-refractivity contribution < 1.29 is 14.9 Å². The molecular formula is C9H15O3P. The highest BCUT2D eigenvalue weighted by Gasteiger charge is 2.58. The Morgan fingerprint density at radius 2 is 2.00 bits per heavy atom. The largest absolute Gasteiger partial charge is 0.390 e. The molecule has 1 saturated heterocycles. The maximum Gasteiger partial charge on any atom is 0.144 e. The second kappa shape index (κ2) is 3.32. The summed E-state index contributed by atoms with van der Waals surface area (Å²) in [6.45, 7) is 0.503. The van der Waals surface area contributed by atoms with Gasteiger partial charge in [-0.15, -0.1) is 9.24 Å². The molecule has 3 nitrogen and oxygen atoms in total. The van der Waals surface area contributed by atoms with E-state index in [1.165, 1.54) is 0 Å². The maximum atomic E-state index is 9.73. The molecule has 3 atom stereocenters. The molecule has 4 heteroatoms. The van der Waals surface area contributed by atoms with Gasteiger partial charge in [0.05, 0.1) is 18.8 Å². The zero-order chi connectivity index (χ0) is 9.47. The SMILES string of the molecule is O[C@@H]1CC(=CCP)C[C@@H](O)C12CO2. The summed E-state index contributed by atoms with van der Waals surface area (Å²) in [6, 6.07) is 0. The van der Waals surface area contributed by atoms with Gasteiger partial charge in [-0.05, 0) is 19.0 Å². The molecule has 74 valence electrons. The van der Waals surface area contributed by atoms with Gasteiger partial charge in [0.25, 0.3) is 0 Å². The molecule has 1 spiro atoms. The molecule has 2 N–H and O–H groups in total. The number of allylic oxidation sites excluding steroid dienone is 1. The van der Waals surface area contributed by atoms with Crippen molar-refractivity contribution in [3.63, 3.8) is 0 Å². The standard InChI is InChI=1S/C9H15O3P/c10-7-3-6(1-2-13)4-8(11)9(7)5-12-9/h1,7-8,10-11H,2-5,13H2/t7-,8-,9?/m1/s1. The Hall–Kier alpha value is 0.0500. The predicted molar refractivity (Wildman–Crippen MR) is 52.6 cm³/mol. The van der Waals surface area contributed by atoms with Crippen LogP contribution in [0, 0.1) is 0 Å². The van der Waals surface area contributed by atoms with E-state index in [0.717, 1.165) is 11.7 Å². The number of hydrogen-bond acceptors (Lipinski definition) is 3. The molecule has 0 amide bonds. The van der Waals surface area contributed by atoms with Crippen molar-refractivity contribution in [2.75, 3.05) is 12.8 Å². The van der Waals surface area contributed by atoms with Crippen LogP contribution in [0.4, 0.5) is 0 Å². The Morgan fingerprint density at radius 1 is 1.46 bits per heavy atom. The number of ether oxygens (including phenoxy) is 1. The zero-order valence-corrected chi connectivity index (χ0v) is 8.60. The summed E-state index contributed by atoms with van der Waals surface area (Å²) >= 11 is 0. The highest BCUT2D eigenvalue weighted by molar-refractivity contribution is 7.16. The second-order valence-corrected chi connectivity index (χ2v) is 4.25. The van der Waals surface area contributed by atoms with Gasteiger partial charge in [0.15, 0.2) is 0 Å². The molecule has 2 rings (SSSR count). The van der Waals surface area contributed by atoms with E-state index in [2.05, 4.69) is 9.24 Å². The summed E-state index contributed by atoms with van der Waals surface area (Å²) < 4.78 is 5.16. The molecule has 1 saturated carbocycles. The van der Waals surface area contributed by atoms with E-state index < -0.39 is 17.8 Å². The lowest BCUT2D eigenvalue weighted by atomic mass is 9.81. The number of rotatable bonds is 1. The average Bonchev–Trinajstić information content (AvgIpc) is 2.82. The third-order valence-corrected chi connectivity index (χ3v) is 3.16. The number of aliphatic hydroxyl groups excluding tert-OH is 2. The first-order valence-electron chi connectivity index (χ1n) is 4.57. The van der Waals surface area contributed by atoms with Crippen LogP contribution < -0.4 is 0 Å². The minimum absolute atomic E-state index is 0.503. The predicted octanol–water partition coefficient (Wildman–Crippen LogP) is 0.0725. The fraction of sp³-hybridized carbons (Fsp3) is 0.778. The van der Waals surface area contributed by atoms with Gasteiger partial charge in [0, 0.05) is 0 Å². The normalized spacial score (nSPS) is 43.8. The monoisotopic (exact) mass is 202 g/mol. The molecule has 2 aliphatic rings. The molecule has 0 radical (unpaired) electrons. The zero-order valence-electron chi connectivity index (χ0n) is 7.44. The third-order valence-electron chi connectivity index (χ3n) is 2.92. The van der Waals surface area contributed by atoms with Crippen molar-refractivity contribution >= 4 is 9.24 Å². The fourth-order valence-corrected chi connectivity index (χ4v) is 2.28. The Bertz CT molecular complexity index is 219. The summed E-state index contributed by atoms with van der Waals surface area (Å²) in [5, 5.41) is 19.5. The first-order valence-corrected chi connectivity index (χ1v) is 5.39. The third kappa shape index (κ3) is 1.55. The van der Waals surface area contributed by atoms with Crippen molar-refractivity contribution in [1.29, 1.82) is 0 Å². The summed E-state index contributed by atoms with van der Waals surface area (Å²) in [7, 11) is 2.61. The second-order valence-electron chi connectivity index (χ2n) is 3.78. The quantitative estimate of drug-likeness (QED) is 0.359. The minimum Gasteiger partial charge on any atom is -0.390 e. The number of epoxide rings is 1. The van der Waals surface area contributed by atoms with Crippen LogP contribution in [-0.4, -0.2) is 40.8 Å². The van der Waals surface area contributed by atoms with E-state index in [4.69, 9.17) is 4.74 Å².